The van der Waals surface area contributed by atoms with E-state index in [0.717, 1.165) is 12.8 Å². The lowest BCUT2D eigenvalue weighted by atomic mass is 10.0. The number of sulfonamides is 1. The zero-order chi connectivity index (χ0) is 24.3. The first kappa shape index (κ1) is 23.7. The number of carbonyl (C=O) groups excluding carboxylic acids is 1. The predicted octanol–water partition coefficient (Wildman–Crippen LogP) is 3.43. The summed E-state index contributed by atoms with van der Waals surface area (Å²) >= 11 is 0. The van der Waals surface area contributed by atoms with Crippen molar-refractivity contribution in [2.45, 2.75) is 24.7 Å². The molecular weight excluding hydrogens is 460 g/mol. The molecule has 0 saturated carbocycles. The fraction of sp³-hybridized carbons (Fsp3) is 0.348. The van der Waals surface area contributed by atoms with Gasteiger partial charge in [0.15, 0.2) is 0 Å². The van der Waals surface area contributed by atoms with Crippen molar-refractivity contribution >= 4 is 21.9 Å². The number of hydrogen-bond donors (Lipinski definition) is 1. The number of hydrogen-bond acceptors (Lipinski definition) is 8. The quantitative estimate of drug-likeness (QED) is 0.539. The number of carbonyl (C=O) groups is 1. The molecule has 4 rings (SSSR count). The largest absolute Gasteiger partial charge is 0.497 e. The highest BCUT2D eigenvalue weighted by Crippen LogP contribution is 2.30. The van der Waals surface area contributed by atoms with Gasteiger partial charge in [0.1, 0.15) is 11.5 Å². The summed E-state index contributed by atoms with van der Waals surface area (Å²) in [6.45, 7) is 3.13. The Kier molecular flexibility index (Phi) is 6.85. The summed E-state index contributed by atoms with van der Waals surface area (Å²) in [6, 6.07) is 10.8. The van der Waals surface area contributed by atoms with Crippen LogP contribution in [0.5, 0.6) is 11.5 Å². The smallest absolute Gasteiger partial charge is 0.322 e. The third-order valence-corrected chi connectivity index (χ3v) is 7.65. The molecule has 180 valence electrons. The molecule has 1 amide bonds. The van der Waals surface area contributed by atoms with Gasteiger partial charge in [-0.25, -0.2) is 8.42 Å². The van der Waals surface area contributed by atoms with Crippen molar-refractivity contribution in [2.24, 2.45) is 5.92 Å². The van der Waals surface area contributed by atoms with Crippen LogP contribution in [0.2, 0.25) is 0 Å². The van der Waals surface area contributed by atoms with Gasteiger partial charge in [-0.3, -0.25) is 10.1 Å². The molecule has 1 saturated heterocycles. The second-order valence-electron chi connectivity index (χ2n) is 8.08. The number of nitrogens with one attached hydrogen (secondary N) is 1. The average Bonchev–Trinajstić information content (AvgIpc) is 3.32. The van der Waals surface area contributed by atoms with E-state index in [4.69, 9.17) is 13.9 Å². The van der Waals surface area contributed by atoms with Crippen LogP contribution < -0.4 is 14.8 Å². The summed E-state index contributed by atoms with van der Waals surface area (Å²) in [7, 11) is -0.527. The van der Waals surface area contributed by atoms with Gasteiger partial charge >= 0.3 is 6.01 Å². The molecule has 11 heteroatoms. The van der Waals surface area contributed by atoms with E-state index in [1.807, 2.05) is 0 Å². The van der Waals surface area contributed by atoms with Crippen LogP contribution in [0.3, 0.4) is 0 Å². The summed E-state index contributed by atoms with van der Waals surface area (Å²) < 4.78 is 43.3. The van der Waals surface area contributed by atoms with Gasteiger partial charge in [0.25, 0.3) is 5.91 Å². The van der Waals surface area contributed by atoms with E-state index < -0.39 is 15.9 Å². The molecular formula is C23H26N4O6S. The maximum absolute atomic E-state index is 12.9. The van der Waals surface area contributed by atoms with Gasteiger partial charge in [-0.2, -0.15) is 4.31 Å². The molecule has 10 nitrogen and oxygen atoms in total. The van der Waals surface area contributed by atoms with Crippen LogP contribution >= 0.6 is 0 Å². The lowest BCUT2D eigenvalue weighted by molar-refractivity contribution is 0.102. The topological polar surface area (TPSA) is 124 Å². The first-order chi connectivity index (χ1) is 16.3. The van der Waals surface area contributed by atoms with E-state index in [0.29, 0.717) is 36.1 Å². The van der Waals surface area contributed by atoms with E-state index in [-0.39, 0.29) is 22.4 Å². The molecule has 1 aliphatic heterocycles. The van der Waals surface area contributed by atoms with Gasteiger partial charge in [-0.1, -0.05) is 12.0 Å². The summed E-state index contributed by atoms with van der Waals surface area (Å²) in [4.78, 5) is 12.8. The highest BCUT2D eigenvalue weighted by molar-refractivity contribution is 7.89. The van der Waals surface area contributed by atoms with E-state index in [1.165, 1.54) is 42.8 Å². The Balaban J connectivity index is 1.45. The van der Waals surface area contributed by atoms with Crippen LogP contribution in [0, 0.1) is 5.92 Å². The molecule has 0 unspecified atom stereocenters. The fourth-order valence-electron chi connectivity index (χ4n) is 3.64. The first-order valence-corrected chi connectivity index (χ1v) is 12.2. The number of rotatable bonds is 7. The molecule has 0 bridgehead atoms. The van der Waals surface area contributed by atoms with Gasteiger partial charge in [0, 0.05) is 30.3 Å². The first-order valence-electron chi connectivity index (χ1n) is 10.8. The second kappa shape index (κ2) is 9.82. The molecule has 34 heavy (non-hydrogen) atoms. The lowest BCUT2D eigenvalue weighted by Gasteiger charge is -2.29. The second-order valence-corrected chi connectivity index (χ2v) is 10.0. The standard InChI is InChI=1S/C23H26N4O6S/c1-15-8-10-27(11-9-15)34(29,30)20-6-4-16(5-7-20)21(28)24-23-26-25-22(33-23)17-12-18(31-2)14-19(13-17)32-3/h4-7,12-15H,8-11H2,1-3H3,(H,24,26,28). The van der Waals surface area contributed by atoms with E-state index in [9.17, 15) is 13.2 Å². The summed E-state index contributed by atoms with van der Waals surface area (Å²) in [5.74, 6) is 1.28. The van der Waals surface area contributed by atoms with Gasteiger partial charge in [-0.05, 0) is 55.2 Å². The van der Waals surface area contributed by atoms with Crippen molar-refractivity contribution in [3.63, 3.8) is 0 Å². The number of methoxy groups -OCH3 is 2. The van der Waals surface area contributed by atoms with Crippen LogP contribution in [0.15, 0.2) is 51.8 Å². The molecule has 0 aliphatic carbocycles. The molecule has 0 spiro atoms. The molecule has 2 heterocycles. The third kappa shape index (κ3) is 5.05. The van der Waals surface area contributed by atoms with Gasteiger partial charge < -0.3 is 13.9 Å². The number of aromatic nitrogens is 2. The Bertz CT molecular complexity index is 1240. The van der Waals surface area contributed by atoms with Gasteiger partial charge in [-0.15, -0.1) is 5.10 Å². The van der Waals surface area contributed by atoms with E-state index >= 15 is 0 Å². The Morgan fingerprint density at radius 3 is 2.24 bits per heavy atom. The van der Waals surface area contributed by atoms with E-state index in [1.54, 1.807) is 18.2 Å². The normalized spacial score (nSPS) is 15.1. The highest BCUT2D eigenvalue weighted by Gasteiger charge is 2.28. The minimum Gasteiger partial charge on any atom is -0.497 e. The van der Waals surface area contributed by atoms with Gasteiger partial charge in [0.05, 0.1) is 19.1 Å². The zero-order valence-corrected chi connectivity index (χ0v) is 20.0. The van der Waals surface area contributed by atoms with Crippen LogP contribution in [0.1, 0.15) is 30.1 Å². The van der Waals surface area contributed by atoms with Crippen molar-refractivity contribution in [1.82, 2.24) is 14.5 Å². The molecule has 3 aromatic rings. The number of anilines is 1. The number of ether oxygens (including phenoxy) is 2. The zero-order valence-electron chi connectivity index (χ0n) is 19.1. The Morgan fingerprint density at radius 1 is 1.03 bits per heavy atom. The predicted molar refractivity (Wildman–Crippen MR) is 124 cm³/mol. The fourth-order valence-corrected chi connectivity index (χ4v) is 5.11. The molecule has 0 radical (unpaired) electrons. The molecule has 2 aromatic carbocycles. The molecule has 1 aromatic heterocycles. The minimum absolute atomic E-state index is 0.0964. The third-order valence-electron chi connectivity index (χ3n) is 5.74. The van der Waals surface area contributed by atoms with Crippen LogP contribution in [0.25, 0.3) is 11.5 Å². The van der Waals surface area contributed by atoms with Crippen molar-refractivity contribution < 1.29 is 27.1 Å². The minimum atomic E-state index is -3.59. The molecule has 1 fully saturated rings. The number of piperidine rings is 1. The Morgan fingerprint density at radius 2 is 1.65 bits per heavy atom. The van der Waals surface area contributed by atoms with Gasteiger partial charge in [0.2, 0.25) is 15.9 Å². The van der Waals surface area contributed by atoms with Crippen LogP contribution in [-0.4, -0.2) is 56.1 Å². The Labute approximate surface area is 197 Å². The number of nitrogens with zero attached hydrogens (tertiary/aromatic N) is 3. The van der Waals surface area contributed by atoms with Crippen molar-refractivity contribution in [3.8, 4) is 23.0 Å². The van der Waals surface area contributed by atoms with Crippen molar-refractivity contribution in [2.75, 3.05) is 32.6 Å². The SMILES string of the molecule is COc1cc(OC)cc(-c2nnc(NC(=O)c3ccc(S(=O)(=O)N4CCC(C)CC4)cc3)o2)c1. The highest BCUT2D eigenvalue weighted by atomic mass is 32.2. The van der Waals surface area contributed by atoms with Crippen LogP contribution in [-0.2, 0) is 10.0 Å². The Hall–Kier alpha value is -3.44. The summed E-state index contributed by atoms with van der Waals surface area (Å²) in [6.07, 6.45) is 1.68. The number of benzene rings is 2. The number of amides is 1. The monoisotopic (exact) mass is 486 g/mol. The molecule has 1 N–H and O–H groups in total. The van der Waals surface area contributed by atoms with E-state index in [2.05, 4.69) is 22.4 Å². The molecule has 0 atom stereocenters. The van der Waals surface area contributed by atoms with Crippen molar-refractivity contribution in [3.05, 3.63) is 48.0 Å². The summed E-state index contributed by atoms with van der Waals surface area (Å²) in [5, 5.41) is 10.4. The average molecular weight is 487 g/mol. The maximum atomic E-state index is 12.9. The lowest BCUT2D eigenvalue weighted by Crippen LogP contribution is -2.37. The van der Waals surface area contributed by atoms with Crippen LogP contribution in [0.4, 0.5) is 6.01 Å². The summed E-state index contributed by atoms with van der Waals surface area (Å²) in [5.41, 5.74) is 0.819. The van der Waals surface area contributed by atoms with Crippen molar-refractivity contribution in [1.29, 1.82) is 0 Å². The maximum Gasteiger partial charge on any atom is 0.322 e. The molecule has 1 aliphatic rings.